The lowest BCUT2D eigenvalue weighted by Gasteiger charge is -2.27. The number of nitrogens with two attached hydrogens (primary N) is 1. The van der Waals surface area contributed by atoms with E-state index >= 15 is 0 Å². The van der Waals surface area contributed by atoms with Crippen molar-refractivity contribution in [3.8, 4) is 0 Å². The Morgan fingerprint density at radius 3 is 2.47 bits per heavy atom. The zero-order valence-corrected chi connectivity index (χ0v) is 10.9. The highest BCUT2D eigenvalue weighted by Crippen LogP contribution is 2.20. The van der Waals surface area contributed by atoms with Gasteiger partial charge >= 0.3 is 0 Å². The second-order valence-corrected chi connectivity index (χ2v) is 4.93. The highest BCUT2D eigenvalue weighted by molar-refractivity contribution is 7.80. The first-order valence-electron chi connectivity index (χ1n) is 6.29. The molecule has 17 heavy (non-hydrogen) atoms. The van der Waals surface area contributed by atoms with Crippen LogP contribution in [0, 0.1) is 0 Å². The van der Waals surface area contributed by atoms with Crippen molar-refractivity contribution in [2.45, 2.75) is 32.1 Å². The number of anilines is 1. The zero-order chi connectivity index (χ0) is 12.1. The number of aromatic nitrogens is 1. The summed E-state index contributed by atoms with van der Waals surface area (Å²) < 4.78 is 0. The summed E-state index contributed by atoms with van der Waals surface area (Å²) in [7, 11) is 0. The molecule has 0 aliphatic carbocycles. The molecule has 1 aliphatic rings. The van der Waals surface area contributed by atoms with Crippen LogP contribution in [0.5, 0.6) is 0 Å². The molecule has 2 heterocycles. The Balaban J connectivity index is 2.21. The molecule has 92 valence electrons. The molecule has 2 N–H and O–H groups in total. The van der Waals surface area contributed by atoms with E-state index in [0.717, 1.165) is 24.5 Å². The molecule has 1 fully saturated rings. The molecule has 0 saturated carbocycles. The van der Waals surface area contributed by atoms with Gasteiger partial charge in [-0.3, -0.25) is 0 Å². The van der Waals surface area contributed by atoms with Crippen molar-refractivity contribution >= 4 is 23.0 Å². The lowest BCUT2D eigenvalue weighted by molar-refractivity contribution is 0.553. The molecule has 2 rings (SSSR count). The Morgan fingerprint density at radius 2 is 1.82 bits per heavy atom. The number of nitrogens with zero attached hydrogens (tertiary/aromatic N) is 2. The second kappa shape index (κ2) is 5.96. The van der Waals surface area contributed by atoms with Crippen LogP contribution in [0.1, 0.15) is 37.7 Å². The molecule has 4 heteroatoms. The molecular weight excluding hydrogens is 230 g/mol. The van der Waals surface area contributed by atoms with Crippen LogP contribution in [0.15, 0.2) is 18.3 Å². The first-order chi connectivity index (χ1) is 8.29. The van der Waals surface area contributed by atoms with Crippen LogP contribution in [0.4, 0.5) is 5.82 Å². The van der Waals surface area contributed by atoms with E-state index in [1.807, 2.05) is 18.3 Å². The minimum absolute atomic E-state index is 0.440. The third-order valence-corrected chi connectivity index (χ3v) is 3.43. The van der Waals surface area contributed by atoms with E-state index in [2.05, 4.69) is 9.88 Å². The van der Waals surface area contributed by atoms with Crippen molar-refractivity contribution in [2.24, 2.45) is 5.73 Å². The molecule has 0 radical (unpaired) electrons. The van der Waals surface area contributed by atoms with Crippen molar-refractivity contribution in [1.29, 1.82) is 0 Å². The molecule has 1 aromatic heterocycles. The molecule has 0 atom stereocenters. The highest BCUT2D eigenvalue weighted by atomic mass is 32.1. The number of hydrogen-bond acceptors (Lipinski definition) is 3. The lowest BCUT2D eigenvalue weighted by atomic mass is 10.1. The monoisotopic (exact) mass is 249 g/mol. The Kier molecular flexibility index (Phi) is 4.31. The normalized spacial score (nSPS) is 17.3. The van der Waals surface area contributed by atoms with Gasteiger partial charge in [0.05, 0.1) is 5.56 Å². The average Bonchev–Trinajstić information content (AvgIpc) is 2.28. The van der Waals surface area contributed by atoms with Gasteiger partial charge in [0.15, 0.2) is 0 Å². The maximum atomic E-state index is 5.76. The highest BCUT2D eigenvalue weighted by Gasteiger charge is 2.14. The average molecular weight is 249 g/mol. The summed E-state index contributed by atoms with van der Waals surface area (Å²) in [6, 6.07) is 3.85. The summed E-state index contributed by atoms with van der Waals surface area (Å²) >= 11 is 5.09. The smallest absolute Gasteiger partial charge is 0.138 e. The van der Waals surface area contributed by atoms with Gasteiger partial charge in [0.2, 0.25) is 0 Å². The van der Waals surface area contributed by atoms with Gasteiger partial charge in [-0.15, -0.1) is 0 Å². The van der Waals surface area contributed by atoms with Crippen LogP contribution < -0.4 is 10.6 Å². The summed E-state index contributed by atoms with van der Waals surface area (Å²) in [4.78, 5) is 7.22. The van der Waals surface area contributed by atoms with Crippen LogP contribution in [0.2, 0.25) is 0 Å². The summed E-state index contributed by atoms with van der Waals surface area (Å²) in [6.07, 6.45) is 8.26. The molecule has 1 aliphatic heterocycles. The quantitative estimate of drug-likeness (QED) is 0.818. The minimum Gasteiger partial charge on any atom is -0.389 e. The number of hydrogen-bond donors (Lipinski definition) is 1. The van der Waals surface area contributed by atoms with Crippen molar-refractivity contribution in [3.05, 3.63) is 23.9 Å². The lowest BCUT2D eigenvalue weighted by Crippen LogP contribution is -2.30. The first kappa shape index (κ1) is 12.3. The van der Waals surface area contributed by atoms with E-state index in [1.165, 1.54) is 32.1 Å². The van der Waals surface area contributed by atoms with Crippen LogP contribution in [-0.2, 0) is 0 Å². The predicted octanol–water partition coefficient (Wildman–Crippen LogP) is 2.49. The van der Waals surface area contributed by atoms with Gasteiger partial charge in [0, 0.05) is 19.3 Å². The summed E-state index contributed by atoms with van der Waals surface area (Å²) in [5.41, 5.74) is 6.66. The fraction of sp³-hybridized carbons (Fsp3) is 0.538. The van der Waals surface area contributed by atoms with Crippen LogP contribution >= 0.6 is 12.2 Å². The molecule has 3 nitrogen and oxygen atoms in total. The Bertz CT molecular complexity index is 384. The fourth-order valence-corrected chi connectivity index (χ4v) is 2.46. The van der Waals surface area contributed by atoms with Crippen molar-refractivity contribution in [1.82, 2.24) is 4.98 Å². The number of pyridine rings is 1. The van der Waals surface area contributed by atoms with E-state index in [9.17, 15) is 0 Å². The maximum absolute atomic E-state index is 5.76. The van der Waals surface area contributed by atoms with Gasteiger partial charge < -0.3 is 10.6 Å². The summed E-state index contributed by atoms with van der Waals surface area (Å²) in [5, 5.41) is 0. The Hall–Kier alpha value is -1.16. The summed E-state index contributed by atoms with van der Waals surface area (Å²) in [5.74, 6) is 0.960. The van der Waals surface area contributed by atoms with Crippen LogP contribution in [0.3, 0.4) is 0 Å². The number of rotatable bonds is 2. The van der Waals surface area contributed by atoms with Gasteiger partial charge in [0.1, 0.15) is 10.8 Å². The Morgan fingerprint density at radius 1 is 1.18 bits per heavy atom. The molecule has 0 bridgehead atoms. The van der Waals surface area contributed by atoms with Gasteiger partial charge in [0.25, 0.3) is 0 Å². The fourth-order valence-electron chi connectivity index (χ4n) is 2.30. The molecule has 0 unspecified atom stereocenters. The van der Waals surface area contributed by atoms with Crippen molar-refractivity contribution in [3.63, 3.8) is 0 Å². The van der Waals surface area contributed by atoms with E-state index < -0.39 is 0 Å². The van der Waals surface area contributed by atoms with Crippen molar-refractivity contribution < 1.29 is 0 Å². The van der Waals surface area contributed by atoms with Crippen LogP contribution in [0.25, 0.3) is 0 Å². The Labute approximate surface area is 108 Å². The second-order valence-electron chi connectivity index (χ2n) is 4.49. The van der Waals surface area contributed by atoms with Gasteiger partial charge in [-0.2, -0.15) is 0 Å². The van der Waals surface area contributed by atoms with Gasteiger partial charge in [-0.1, -0.05) is 31.5 Å². The van der Waals surface area contributed by atoms with E-state index in [1.54, 1.807) is 0 Å². The predicted molar refractivity (Wildman–Crippen MR) is 75.4 cm³/mol. The summed E-state index contributed by atoms with van der Waals surface area (Å²) in [6.45, 7) is 2.12. The van der Waals surface area contributed by atoms with Gasteiger partial charge in [-0.25, -0.2) is 4.98 Å². The van der Waals surface area contributed by atoms with E-state index in [0.29, 0.717) is 4.99 Å². The minimum atomic E-state index is 0.440. The van der Waals surface area contributed by atoms with E-state index in [4.69, 9.17) is 18.0 Å². The molecule has 1 aromatic rings. The molecule has 0 aromatic carbocycles. The third kappa shape index (κ3) is 3.16. The van der Waals surface area contributed by atoms with Crippen molar-refractivity contribution in [2.75, 3.05) is 18.0 Å². The topological polar surface area (TPSA) is 42.1 Å². The zero-order valence-electron chi connectivity index (χ0n) is 10.1. The largest absolute Gasteiger partial charge is 0.389 e. The third-order valence-electron chi connectivity index (χ3n) is 3.21. The molecule has 0 amide bonds. The first-order valence-corrected chi connectivity index (χ1v) is 6.69. The van der Waals surface area contributed by atoms with Gasteiger partial charge in [-0.05, 0) is 25.0 Å². The van der Waals surface area contributed by atoms with E-state index in [-0.39, 0.29) is 0 Å². The standard InChI is InChI=1S/C13H19N3S/c14-12(17)11-7-6-8-15-13(11)16-9-4-2-1-3-5-10-16/h6-8H,1-5,9-10H2,(H2,14,17). The van der Waals surface area contributed by atoms with Crippen LogP contribution in [-0.4, -0.2) is 23.1 Å². The number of thiocarbonyl (C=S) groups is 1. The molecule has 1 saturated heterocycles. The SMILES string of the molecule is NC(=S)c1cccnc1N1CCCCCCC1. The molecule has 0 spiro atoms. The maximum Gasteiger partial charge on any atom is 0.138 e. The molecular formula is C13H19N3S.